The van der Waals surface area contributed by atoms with Gasteiger partial charge in [-0.05, 0) is 13.8 Å². The molecule has 1 aliphatic heterocycles. The third kappa shape index (κ3) is 2.15. The summed E-state index contributed by atoms with van der Waals surface area (Å²) in [5.74, 6) is 1.23. The number of hydrogen-bond acceptors (Lipinski definition) is 2. The Morgan fingerprint density at radius 2 is 1.92 bits per heavy atom. The minimum atomic E-state index is 0.761. The molecule has 3 heteroatoms. The molecule has 1 rings (SSSR count). The van der Waals surface area contributed by atoms with Crippen molar-refractivity contribution in [3.8, 4) is 0 Å². The Balaban J connectivity index is 2.56. The Labute approximate surface area is 80.4 Å². The summed E-state index contributed by atoms with van der Waals surface area (Å²) < 4.78 is 1.25. The maximum Gasteiger partial charge on any atom is 0.102 e. The number of quaternary nitrogens is 1. The highest BCUT2D eigenvalue weighted by molar-refractivity contribution is 7.93. The van der Waals surface area contributed by atoms with Crippen LogP contribution in [0.25, 0.3) is 0 Å². The molecule has 1 saturated heterocycles. The lowest BCUT2D eigenvalue weighted by Gasteiger charge is -2.42. The Bertz CT molecular complexity index is 125. The molecular formula is C9H21N2S+. The highest BCUT2D eigenvalue weighted by Gasteiger charge is 2.33. The summed E-state index contributed by atoms with van der Waals surface area (Å²) in [7, 11) is 0. The quantitative estimate of drug-likeness (QED) is 0.533. The molecule has 1 N–H and O–H groups in total. The first-order valence-corrected chi connectivity index (χ1v) is 5.87. The summed E-state index contributed by atoms with van der Waals surface area (Å²) in [6.07, 6.45) is 0. The molecular weight excluding hydrogens is 168 g/mol. The predicted molar refractivity (Wildman–Crippen MR) is 56.1 cm³/mol. The first kappa shape index (κ1) is 10.4. The van der Waals surface area contributed by atoms with E-state index < -0.39 is 0 Å². The lowest BCUT2D eigenvalue weighted by molar-refractivity contribution is -0.820. The van der Waals surface area contributed by atoms with E-state index in [2.05, 4.69) is 38.0 Å². The van der Waals surface area contributed by atoms with Crippen LogP contribution in [0.1, 0.15) is 20.8 Å². The average molecular weight is 189 g/mol. The molecule has 0 aromatic heterocycles. The average Bonchev–Trinajstić information content (AvgIpc) is 2.06. The molecule has 1 heterocycles. The first-order valence-electron chi connectivity index (χ1n) is 4.93. The third-order valence-electron chi connectivity index (χ3n) is 2.66. The molecule has 1 aliphatic rings. The Kier molecular flexibility index (Phi) is 3.87. The van der Waals surface area contributed by atoms with Gasteiger partial charge in [-0.25, -0.2) is 0 Å². The van der Waals surface area contributed by atoms with Crippen LogP contribution in [0.3, 0.4) is 0 Å². The maximum absolute atomic E-state index is 3.42. The topological polar surface area (TPSA) is 12.0 Å². The van der Waals surface area contributed by atoms with Crippen LogP contribution in [0.5, 0.6) is 0 Å². The van der Waals surface area contributed by atoms with Crippen molar-refractivity contribution in [2.45, 2.75) is 26.8 Å². The highest BCUT2D eigenvalue weighted by atomic mass is 32.2. The van der Waals surface area contributed by atoms with Crippen LogP contribution in [0.15, 0.2) is 0 Å². The molecule has 0 amide bonds. The fourth-order valence-corrected chi connectivity index (χ4v) is 3.08. The Morgan fingerprint density at radius 1 is 1.33 bits per heavy atom. The van der Waals surface area contributed by atoms with Crippen LogP contribution in [0, 0.1) is 0 Å². The number of rotatable bonds is 3. The van der Waals surface area contributed by atoms with E-state index in [1.54, 1.807) is 0 Å². The molecule has 0 unspecified atom stereocenters. The number of nitrogens with one attached hydrogen (secondary N) is 1. The number of piperazine rings is 1. The number of hydrogen-bond donors (Lipinski definition) is 1. The molecule has 0 bridgehead atoms. The van der Waals surface area contributed by atoms with Crippen molar-refractivity contribution in [1.82, 2.24) is 5.32 Å². The van der Waals surface area contributed by atoms with Crippen LogP contribution in [0.2, 0.25) is 0 Å². The summed E-state index contributed by atoms with van der Waals surface area (Å²) in [5, 5.41) is 3.42. The van der Waals surface area contributed by atoms with Crippen LogP contribution < -0.4 is 5.32 Å². The second kappa shape index (κ2) is 4.49. The van der Waals surface area contributed by atoms with Crippen LogP contribution in [0.4, 0.5) is 0 Å². The zero-order chi connectivity index (χ0) is 9.03. The van der Waals surface area contributed by atoms with E-state index in [1.165, 1.54) is 35.8 Å². The summed E-state index contributed by atoms with van der Waals surface area (Å²) in [6.45, 7) is 11.9. The molecule has 2 nitrogen and oxygen atoms in total. The van der Waals surface area contributed by atoms with Gasteiger partial charge in [0.1, 0.15) is 13.1 Å². The zero-order valence-electron chi connectivity index (χ0n) is 8.47. The normalized spacial score (nSPS) is 23.0. The van der Waals surface area contributed by atoms with Gasteiger partial charge in [-0.15, -0.1) is 0 Å². The van der Waals surface area contributed by atoms with E-state index >= 15 is 0 Å². The van der Waals surface area contributed by atoms with Gasteiger partial charge in [-0.3, -0.25) is 3.89 Å². The highest BCUT2D eigenvalue weighted by Crippen LogP contribution is 2.27. The lowest BCUT2D eigenvalue weighted by atomic mass is 10.3. The summed E-state index contributed by atoms with van der Waals surface area (Å²) in [6, 6.07) is 0.761. The fraction of sp³-hybridized carbons (Fsp3) is 1.00. The summed E-state index contributed by atoms with van der Waals surface area (Å²) in [4.78, 5) is 0. The summed E-state index contributed by atoms with van der Waals surface area (Å²) >= 11 is 2.11. The van der Waals surface area contributed by atoms with E-state index in [0.717, 1.165) is 6.04 Å². The molecule has 0 atom stereocenters. The van der Waals surface area contributed by atoms with Crippen molar-refractivity contribution in [3.63, 3.8) is 0 Å². The third-order valence-corrected chi connectivity index (χ3v) is 4.22. The zero-order valence-corrected chi connectivity index (χ0v) is 9.28. The van der Waals surface area contributed by atoms with Crippen LogP contribution in [-0.4, -0.2) is 41.9 Å². The standard InChI is InChI=1S/C9H21N2S/c1-4-12-11(9(2)3)7-5-10-6-8-11/h9-10H,4-8H2,1-3H3/q+1. The van der Waals surface area contributed by atoms with Gasteiger partial charge in [0.05, 0.1) is 18.0 Å². The lowest BCUT2D eigenvalue weighted by Crippen LogP contribution is -2.57. The van der Waals surface area contributed by atoms with Gasteiger partial charge in [-0.1, -0.05) is 6.92 Å². The first-order chi connectivity index (χ1) is 5.71. The Morgan fingerprint density at radius 3 is 2.33 bits per heavy atom. The molecule has 0 saturated carbocycles. The molecule has 12 heavy (non-hydrogen) atoms. The SMILES string of the molecule is CCS[N+]1(C(C)C)CCNCC1. The molecule has 0 aromatic carbocycles. The van der Waals surface area contributed by atoms with E-state index in [1.807, 2.05) is 0 Å². The molecule has 0 spiro atoms. The van der Waals surface area contributed by atoms with Crippen molar-refractivity contribution < 1.29 is 3.89 Å². The van der Waals surface area contributed by atoms with E-state index in [0.29, 0.717) is 0 Å². The minimum absolute atomic E-state index is 0.761. The van der Waals surface area contributed by atoms with Crippen LogP contribution >= 0.6 is 11.9 Å². The van der Waals surface area contributed by atoms with Crippen molar-refractivity contribution in [1.29, 1.82) is 0 Å². The van der Waals surface area contributed by atoms with Gasteiger partial charge < -0.3 is 5.32 Å². The fourth-order valence-electron chi connectivity index (χ4n) is 1.83. The van der Waals surface area contributed by atoms with Crippen molar-refractivity contribution in [3.05, 3.63) is 0 Å². The van der Waals surface area contributed by atoms with Gasteiger partial charge >= 0.3 is 0 Å². The van der Waals surface area contributed by atoms with E-state index in [4.69, 9.17) is 0 Å². The summed E-state index contributed by atoms with van der Waals surface area (Å²) in [5.41, 5.74) is 0. The van der Waals surface area contributed by atoms with Crippen molar-refractivity contribution in [2.75, 3.05) is 31.9 Å². The second-order valence-corrected chi connectivity index (χ2v) is 5.22. The van der Waals surface area contributed by atoms with Gasteiger partial charge in [0, 0.05) is 18.8 Å². The van der Waals surface area contributed by atoms with Gasteiger partial charge in [0.25, 0.3) is 0 Å². The van der Waals surface area contributed by atoms with Crippen molar-refractivity contribution in [2.24, 2.45) is 0 Å². The molecule has 72 valence electrons. The van der Waals surface area contributed by atoms with Crippen LogP contribution in [-0.2, 0) is 0 Å². The molecule has 0 radical (unpaired) electrons. The minimum Gasteiger partial charge on any atom is -0.306 e. The monoisotopic (exact) mass is 189 g/mol. The smallest absolute Gasteiger partial charge is 0.102 e. The largest absolute Gasteiger partial charge is 0.306 e. The van der Waals surface area contributed by atoms with Gasteiger partial charge in [-0.2, -0.15) is 0 Å². The van der Waals surface area contributed by atoms with Crippen molar-refractivity contribution >= 4 is 11.9 Å². The van der Waals surface area contributed by atoms with E-state index in [9.17, 15) is 0 Å². The van der Waals surface area contributed by atoms with Gasteiger partial charge in [0.2, 0.25) is 0 Å². The number of nitrogens with zero attached hydrogens (tertiary/aromatic N) is 1. The second-order valence-electron chi connectivity index (χ2n) is 3.66. The molecule has 0 aliphatic carbocycles. The molecule has 0 aromatic rings. The maximum atomic E-state index is 3.42. The molecule has 1 fully saturated rings. The Hall–Kier alpha value is 0.270. The van der Waals surface area contributed by atoms with Gasteiger partial charge in [0.15, 0.2) is 0 Å². The van der Waals surface area contributed by atoms with E-state index in [-0.39, 0.29) is 0 Å². The predicted octanol–water partition coefficient (Wildman–Crippen LogP) is 1.48.